The lowest BCUT2D eigenvalue weighted by atomic mass is 9.79. The van der Waals surface area contributed by atoms with Gasteiger partial charge < -0.3 is 5.32 Å². The predicted octanol–water partition coefficient (Wildman–Crippen LogP) is 3.15. The zero-order valence-electron chi connectivity index (χ0n) is 10.6. The van der Waals surface area contributed by atoms with Gasteiger partial charge in [0.2, 0.25) is 0 Å². The van der Waals surface area contributed by atoms with Gasteiger partial charge in [-0.15, -0.1) is 0 Å². The Labute approximate surface area is 104 Å². The number of hydrogen-bond acceptors (Lipinski definition) is 2. The SMILES string of the molecule is CSC(C)CNC1CC2CC1C1CCCC21. The molecule has 3 saturated carbocycles. The van der Waals surface area contributed by atoms with Gasteiger partial charge in [-0.25, -0.2) is 0 Å². The Hall–Kier alpha value is 0.310. The summed E-state index contributed by atoms with van der Waals surface area (Å²) in [6.45, 7) is 3.55. The average molecular weight is 239 g/mol. The first kappa shape index (κ1) is 11.4. The zero-order chi connectivity index (χ0) is 11.1. The quantitative estimate of drug-likeness (QED) is 0.809. The van der Waals surface area contributed by atoms with Crippen LogP contribution in [0.2, 0.25) is 0 Å². The smallest absolute Gasteiger partial charge is 0.0141 e. The van der Waals surface area contributed by atoms with Crippen molar-refractivity contribution >= 4 is 11.8 Å². The Morgan fingerprint density at radius 3 is 2.81 bits per heavy atom. The fourth-order valence-electron chi connectivity index (χ4n) is 4.70. The molecule has 16 heavy (non-hydrogen) atoms. The molecular formula is C14H25NS. The first-order valence-electron chi connectivity index (χ1n) is 7.05. The summed E-state index contributed by atoms with van der Waals surface area (Å²) in [5, 5.41) is 4.63. The highest BCUT2D eigenvalue weighted by Crippen LogP contribution is 2.58. The highest BCUT2D eigenvalue weighted by molar-refractivity contribution is 7.99. The highest BCUT2D eigenvalue weighted by atomic mass is 32.2. The van der Waals surface area contributed by atoms with Crippen molar-refractivity contribution in [2.75, 3.05) is 12.8 Å². The van der Waals surface area contributed by atoms with Gasteiger partial charge >= 0.3 is 0 Å². The molecule has 0 amide bonds. The van der Waals surface area contributed by atoms with Gasteiger partial charge in [0, 0.05) is 17.8 Å². The lowest BCUT2D eigenvalue weighted by Gasteiger charge is -2.32. The molecule has 3 fully saturated rings. The van der Waals surface area contributed by atoms with E-state index in [1.807, 2.05) is 11.8 Å². The minimum absolute atomic E-state index is 0.776. The minimum atomic E-state index is 0.776. The van der Waals surface area contributed by atoms with Gasteiger partial charge in [-0.3, -0.25) is 0 Å². The van der Waals surface area contributed by atoms with E-state index in [4.69, 9.17) is 0 Å². The second-order valence-corrected chi connectivity index (χ2v) is 7.49. The van der Waals surface area contributed by atoms with Crippen molar-refractivity contribution < 1.29 is 0 Å². The molecule has 0 aliphatic heterocycles. The second kappa shape index (κ2) is 4.53. The largest absolute Gasteiger partial charge is 0.313 e. The molecule has 3 rings (SSSR count). The fraction of sp³-hybridized carbons (Fsp3) is 1.00. The van der Waals surface area contributed by atoms with E-state index < -0.39 is 0 Å². The number of fused-ring (bicyclic) bond motifs is 5. The van der Waals surface area contributed by atoms with Gasteiger partial charge in [-0.2, -0.15) is 11.8 Å². The van der Waals surface area contributed by atoms with Crippen LogP contribution in [0.4, 0.5) is 0 Å². The van der Waals surface area contributed by atoms with E-state index >= 15 is 0 Å². The number of hydrogen-bond donors (Lipinski definition) is 1. The van der Waals surface area contributed by atoms with Crippen molar-refractivity contribution in [2.24, 2.45) is 23.7 Å². The lowest BCUT2D eigenvalue weighted by Crippen LogP contribution is -2.41. The summed E-state index contributed by atoms with van der Waals surface area (Å²) >= 11 is 1.99. The number of rotatable bonds is 4. The van der Waals surface area contributed by atoms with Crippen LogP contribution in [0.15, 0.2) is 0 Å². The summed E-state index contributed by atoms with van der Waals surface area (Å²) < 4.78 is 0. The van der Waals surface area contributed by atoms with E-state index in [0.717, 1.165) is 35.0 Å². The summed E-state index contributed by atoms with van der Waals surface area (Å²) in [6, 6.07) is 0.874. The van der Waals surface area contributed by atoms with Gasteiger partial charge in [0.25, 0.3) is 0 Å². The summed E-state index contributed by atoms with van der Waals surface area (Å²) in [5.41, 5.74) is 0. The molecule has 0 saturated heterocycles. The third-order valence-electron chi connectivity index (χ3n) is 5.50. The maximum atomic E-state index is 3.86. The second-order valence-electron chi connectivity index (χ2n) is 6.22. The van der Waals surface area contributed by atoms with Gasteiger partial charge in [0.1, 0.15) is 0 Å². The molecule has 0 aromatic heterocycles. The van der Waals surface area contributed by atoms with Crippen LogP contribution in [0.3, 0.4) is 0 Å². The Morgan fingerprint density at radius 1 is 1.19 bits per heavy atom. The Bertz CT molecular complexity index is 255. The average Bonchev–Trinajstić information content (AvgIpc) is 2.96. The minimum Gasteiger partial charge on any atom is -0.313 e. The topological polar surface area (TPSA) is 12.0 Å². The molecule has 0 radical (unpaired) electrons. The number of nitrogens with one attached hydrogen (secondary N) is 1. The van der Waals surface area contributed by atoms with Gasteiger partial charge in [0.05, 0.1) is 0 Å². The van der Waals surface area contributed by atoms with Crippen LogP contribution in [0.25, 0.3) is 0 Å². The maximum absolute atomic E-state index is 3.86. The first-order valence-corrected chi connectivity index (χ1v) is 8.34. The molecule has 0 aromatic carbocycles. The van der Waals surface area contributed by atoms with Crippen molar-refractivity contribution in [1.82, 2.24) is 5.32 Å². The van der Waals surface area contributed by atoms with Crippen LogP contribution in [-0.2, 0) is 0 Å². The van der Waals surface area contributed by atoms with Crippen LogP contribution in [0.1, 0.15) is 39.0 Å². The number of thioether (sulfide) groups is 1. The van der Waals surface area contributed by atoms with Crippen LogP contribution in [0.5, 0.6) is 0 Å². The van der Waals surface area contributed by atoms with Gasteiger partial charge in [-0.1, -0.05) is 13.3 Å². The van der Waals surface area contributed by atoms with Gasteiger partial charge in [0.15, 0.2) is 0 Å². The summed E-state index contributed by atoms with van der Waals surface area (Å²) in [6.07, 6.45) is 9.89. The molecule has 1 N–H and O–H groups in total. The molecule has 2 bridgehead atoms. The molecule has 1 nitrogen and oxygen atoms in total. The monoisotopic (exact) mass is 239 g/mol. The third kappa shape index (κ3) is 1.82. The van der Waals surface area contributed by atoms with Crippen molar-refractivity contribution in [3.05, 3.63) is 0 Å². The van der Waals surface area contributed by atoms with Crippen LogP contribution < -0.4 is 5.32 Å². The third-order valence-corrected chi connectivity index (χ3v) is 6.47. The Balaban J connectivity index is 1.56. The van der Waals surface area contributed by atoms with E-state index in [-0.39, 0.29) is 0 Å². The highest BCUT2D eigenvalue weighted by Gasteiger charge is 2.53. The van der Waals surface area contributed by atoms with Crippen molar-refractivity contribution in [3.8, 4) is 0 Å². The van der Waals surface area contributed by atoms with E-state index in [1.165, 1.54) is 19.4 Å². The van der Waals surface area contributed by atoms with Crippen LogP contribution in [0, 0.1) is 23.7 Å². The van der Waals surface area contributed by atoms with Crippen molar-refractivity contribution in [3.63, 3.8) is 0 Å². The maximum Gasteiger partial charge on any atom is 0.0141 e. The predicted molar refractivity (Wildman–Crippen MR) is 71.8 cm³/mol. The normalized spacial score (nSPS) is 47.2. The van der Waals surface area contributed by atoms with E-state index in [2.05, 4.69) is 18.5 Å². The zero-order valence-corrected chi connectivity index (χ0v) is 11.4. The summed E-state index contributed by atoms with van der Waals surface area (Å²) in [7, 11) is 0. The van der Waals surface area contributed by atoms with Crippen molar-refractivity contribution in [1.29, 1.82) is 0 Å². The first-order chi connectivity index (χ1) is 7.79. The molecule has 0 spiro atoms. The van der Waals surface area contributed by atoms with E-state index in [0.29, 0.717) is 0 Å². The molecule has 0 aromatic rings. The summed E-state index contributed by atoms with van der Waals surface area (Å²) in [4.78, 5) is 0. The molecule has 2 heteroatoms. The van der Waals surface area contributed by atoms with E-state index in [1.54, 1.807) is 19.3 Å². The van der Waals surface area contributed by atoms with E-state index in [9.17, 15) is 0 Å². The molecule has 0 heterocycles. The molecule has 6 unspecified atom stereocenters. The summed E-state index contributed by atoms with van der Waals surface area (Å²) in [5.74, 6) is 4.40. The Kier molecular flexibility index (Phi) is 3.23. The lowest BCUT2D eigenvalue weighted by molar-refractivity contribution is 0.209. The molecule has 6 atom stereocenters. The molecule has 3 aliphatic carbocycles. The molecule has 3 aliphatic rings. The Morgan fingerprint density at radius 2 is 2.00 bits per heavy atom. The molecule has 92 valence electrons. The molecular weight excluding hydrogens is 214 g/mol. The standard InChI is InChI=1S/C14H25NS/c1-9(16-2)8-15-14-7-10-6-13(14)12-5-3-4-11(10)12/h9-15H,3-8H2,1-2H3. The van der Waals surface area contributed by atoms with Crippen LogP contribution >= 0.6 is 11.8 Å². The van der Waals surface area contributed by atoms with Gasteiger partial charge in [-0.05, 0) is 55.6 Å². The van der Waals surface area contributed by atoms with Crippen molar-refractivity contribution in [2.45, 2.75) is 50.3 Å². The van der Waals surface area contributed by atoms with Crippen LogP contribution in [-0.4, -0.2) is 24.1 Å². The fourth-order valence-corrected chi connectivity index (χ4v) is 4.97.